The Morgan fingerprint density at radius 3 is 2.70 bits per heavy atom. The van der Waals surface area contributed by atoms with Crippen molar-refractivity contribution in [1.82, 2.24) is 15.0 Å². The molecule has 27 heavy (non-hydrogen) atoms. The number of carbonyl (C=O) groups is 2. The molecule has 148 valence electrons. The molecule has 1 saturated heterocycles. The van der Waals surface area contributed by atoms with E-state index in [0.29, 0.717) is 30.5 Å². The van der Waals surface area contributed by atoms with Crippen LogP contribution in [-0.2, 0) is 9.59 Å². The Morgan fingerprint density at radius 1 is 1.41 bits per heavy atom. The largest absolute Gasteiger partial charge is 0.354 e. The second-order valence-electron chi connectivity index (χ2n) is 7.20. The summed E-state index contributed by atoms with van der Waals surface area (Å²) < 4.78 is 14.0. The maximum absolute atomic E-state index is 14.0. The number of hydrogen-bond donors (Lipinski definition) is 2. The molecule has 1 atom stereocenters. The van der Waals surface area contributed by atoms with Crippen LogP contribution in [0.4, 0.5) is 16.2 Å². The SMILES string of the molecule is NN(C(=O)[C@H](CC1CCCC1)CN(O)C=O)c1ncc(F)c(N2CCC2)n1. The van der Waals surface area contributed by atoms with E-state index in [1.807, 2.05) is 0 Å². The lowest BCUT2D eigenvalue weighted by atomic mass is 9.92. The van der Waals surface area contributed by atoms with E-state index >= 15 is 0 Å². The Kier molecular flexibility index (Phi) is 6.17. The predicted octanol–water partition coefficient (Wildman–Crippen LogP) is 1.08. The molecule has 2 heterocycles. The molecule has 3 rings (SSSR count). The van der Waals surface area contributed by atoms with Gasteiger partial charge in [-0.15, -0.1) is 0 Å². The molecule has 1 aromatic rings. The van der Waals surface area contributed by atoms with Gasteiger partial charge in [0.05, 0.1) is 18.7 Å². The van der Waals surface area contributed by atoms with E-state index in [9.17, 15) is 19.2 Å². The molecule has 3 N–H and O–H groups in total. The fourth-order valence-corrected chi connectivity index (χ4v) is 3.68. The van der Waals surface area contributed by atoms with Crippen LogP contribution in [0.15, 0.2) is 6.20 Å². The summed E-state index contributed by atoms with van der Waals surface area (Å²) >= 11 is 0. The molecule has 1 aromatic heterocycles. The molecule has 0 unspecified atom stereocenters. The van der Waals surface area contributed by atoms with Gasteiger partial charge in [0, 0.05) is 13.1 Å². The highest BCUT2D eigenvalue weighted by Gasteiger charge is 2.31. The minimum atomic E-state index is -0.686. The Morgan fingerprint density at radius 2 is 2.11 bits per heavy atom. The summed E-state index contributed by atoms with van der Waals surface area (Å²) in [5.74, 6) is 4.54. The molecule has 10 heteroatoms. The van der Waals surface area contributed by atoms with E-state index in [1.54, 1.807) is 4.90 Å². The number of amides is 2. The highest BCUT2D eigenvalue weighted by atomic mass is 19.1. The Balaban J connectivity index is 1.76. The van der Waals surface area contributed by atoms with Crippen LogP contribution < -0.4 is 15.8 Å². The number of rotatable bonds is 8. The van der Waals surface area contributed by atoms with E-state index < -0.39 is 17.6 Å². The van der Waals surface area contributed by atoms with Crippen molar-refractivity contribution in [3.63, 3.8) is 0 Å². The number of anilines is 2. The minimum Gasteiger partial charge on any atom is -0.354 e. The number of carbonyl (C=O) groups excluding carboxylic acids is 2. The van der Waals surface area contributed by atoms with Crippen molar-refractivity contribution in [3.8, 4) is 0 Å². The molecule has 1 saturated carbocycles. The maximum atomic E-state index is 14.0. The summed E-state index contributed by atoms with van der Waals surface area (Å²) in [4.78, 5) is 33.4. The molecule has 0 radical (unpaired) electrons. The summed E-state index contributed by atoms with van der Waals surface area (Å²) in [5.41, 5.74) is 0. The third-order valence-electron chi connectivity index (χ3n) is 5.29. The number of nitrogens with zero attached hydrogens (tertiary/aromatic N) is 5. The topological polar surface area (TPSA) is 116 Å². The highest BCUT2D eigenvalue weighted by Crippen LogP contribution is 2.31. The van der Waals surface area contributed by atoms with Gasteiger partial charge in [-0.3, -0.25) is 14.8 Å². The van der Waals surface area contributed by atoms with Gasteiger partial charge in [-0.05, 0) is 18.8 Å². The standard InChI is InChI=1S/C17H25FN6O3/c18-14-9-20-17(21-15(14)22-6-3-7-22)24(19)16(26)13(10-23(27)11-25)8-12-4-1-2-5-12/h9,11-13,27H,1-8,10,19H2/t13-/m1/s1. The van der Waals surface area contributed by atoms with E-state index in [4.69, 9.17) is 5.84 Å². The molecule has 2 amide bonds. The average molecular weight is 380 g/mol. The first kappa shape index (κ1) is 19.4. The summed E-state index contributed by atoms with van der Waals surface area (Å²) in [6, 6.07) is 0. The van der Waals surface area contributed by atoms with Gasteiger partial charge in [0.1, 0.15) is 0 Å². The van der Waals surface area contributed by atoms with Gasteiger partial charge in [0.15, 0.2) is 11.6 Å². The van der Waals surface area contributed by atoms with Crippen molar-refractivity contribution >= 4 is 24.1 Å². The Bertz CT molecular complexity index is 681. The molecule has 0 bridgehead atoms. The van der Waals surface area contributed by atoms with Gasteiger partial charge in [0.25, 0.3) is 0 Å². The molecule has 0 aromatic carbocycles. The number of nitrogens with two attached hydrogens (primary N) is 1. The van der Waals surface area contributed by atoms with Crippen LogP contribution in [0, 0.1) is 17.7 Å². The lowest BCUT2D eigenvalue weighted by Gasteiger charge is -2.32. The molecule has 9 nitrogen and oxygen atoms in total. The first-order valence-electron chi connectivity index (χ1n) is 9.26. The summed E-state index contributed by atoms with van der Waals surface area (Å²) in [7, 11) is 0. The molecule has 1 aliphatic heterocycles. The lowest BCUT2D eigenvalue weighted by Crippen LogP contribution is -2.46. The van der Waals surface area contributed by atoms with Gasteiger partial charge >= 0.3 is 0 Å². The number of halogens is 1. The van der Waals surface area contributed by atoms with Crippen LogP contribution in [0.1, 0.15) is 38.5 Å². The monoisotopic (exact) mass is 380 g/mol. The first-order chi connectivity index (χ1) is 13.0. The van der Waals surface area contributed by atoms with Crippen LogP contribution in [-0.4, -0.2) is 52.2 Å². The van der Waals surface area contributed by atoms with Crippen molar-refractivity contribution in [3.05, 3.63) is 12.0 Å². The van der Waals surface area contributed by atoms with Crippen molar-refractivity contribution < 1.29 is 19.2 Å². The normalized spacial score (nSPS) is 18.1. The fourth-order valence-electron chi connectivity index (χ4n) is 3.68. The number of hydrazine groups is 1. The van der Waals surface area contributed by atoms with Crippen LogP contribution in [0.25, 0.3) is 0 Å². The molecule has 1 aliphatic carbocycles. The van der Waals surface area contributed by atoms with E-state index in [1.165, 1.54) is 0 Å². The molecular formula is C17H25FN6O3. The first-order valence-corrected chi connectivity index (χ1v) is 9.26. The van der Waals surface area contributed by atoms with Crippen molar-refractivity contribution in [1.29, 1.82) is 0 Å². The predicted molar refractivity (Wildman–Crippen MR) is 95.1 cm³/mol. The van der Waals surface area contributed by atoms with Gasteiger partial charge in [-0.2, -0.15) is 4.98 Å². The molecule has 2 fully saturated rings. The maximum Gasteiger partial charge on any atom is 0.249 e. The molecular weight excluding hydrogens is 355 g/mol. The average Bonchev–Trinajstić information content (AvgIpc) is 3.13. The number of hydrogen-bond acceptors (Lipinski definition) is 7. The van der Waals surface area contributed by atoms with Crippen LogP contribution in [0.2, 0.25) is 0 Å². The van der Waals surface area contributed by atoms with E-state index in [2.05, 4.69) is 9.97 Å². The Hall–Kier alpha value is -2.33. The molecule has 0 spiro atoms. The second kappa shape index (κ2) is 8.57. The number of hydroxylamine groups is 2. The smallest absolute Gasteiger partial charge is 0.249 e. The summed E-state index contributed by atoms with van der Waals surface area (Å²) in [6.45, 7) is 1.22. The summed E-state index contributed by atoms with van der Waals surface area (Å²) in [5, 5.41) is 10.8. The quantitative estimate of drug-likeness (QED) is 0.228. The zero-order chi connectivity index (χ0) is 19.4. The van der Waals surface area contributed by atoms with Crippen LogP contribution >= 0.6 is 0 Å². The second-order valence-corrected chi connectivity index (χ2v) is 7.20. The van der Waals surface area contributed by atoms with Crippen LogP contribution in [0.3, 0.4) is 0 Å². The highest BCUT2D eigenvalue weighted by molar-refractivity contribution is 5.92. The zero-order valence-electron chi connectivity index (χ0n) is 15.1. The third-order valence-corrected chi connectivity index (χ3v) is 5.29. The third kappa shape index (κ3) is 4.51. The van der Waals surface area contributed by atoms with Crippen molar-refractivity contribution in [2.75, 3.05) is 29.5 Å². The van der Waals surface area contributed by atoms with Crippen molar-refractivity contribution in [2.45, 2.75) is 38.5 Å². The van der Waals surface area contributed by atoms with Gasteiger partial charge in [-0.25, -0.2) is 25.3 Å². The van der Waals surface area contributed by atoms with E-state index in [0.717, 1.165) is 43.3 Å². The zero-order valence-corrected chi connectivity index (χ0v) is 15.1. The minimum absolute atomic E-state index is 0.102. The van der Waals surface area contributed by atoms with Gasteiger partial charge in [0.2, 0.25) is 18.3 Å². The molecule has 2 aliphatic rings. The van der Waals surface area contributed by atoms with Gasteiger partial charge in [-0.1, -0.05) is 25.7 Å². The number of aromatic nitrogens is 2. The Labute approximate surface area is 156 Å². The van der Waals surface area contributed by atoms with Crippen LogP contribution in [0.5, 0.6) is 0 Å². The fraction of sp³-hybridized carbons (Fsp3) is 0.647. The van der Waals surface area contributed by atoms with Crippen molar-refractivity contribution in [2.24, 2.45) is 17.7 Å². The summed E-state index contributed by atoms with van der Waals surface area (Å²) in [6.07, 6.45) is 6.94. The van der Waals surface area contributed by atoms with E-state index in [-0.39, 0.29) is 24.7 Å². The lowest BCUT2D eigenvalue weighted by molar-refractivity contribution is -0.154. The van der Waals surface area contributed by atoms with Gasteiger partial charge < -0.3 is 4.90 Å².